The van der Waals surface area contributed by atoms with E-state index in [0.717, 1.165) is 22.6 Å². The predicted molar refractivity (Wildman–Crippen MR) is 113 cm³/mol. The number of hydrogen-bond donors (Lipinski definition) is 1. The fraction of sp³-hybridized carbons (Fsp3) is 0.0909. The fourth-order valence-corrected chi connectivity index (χ4v) is 3.82. The SMILES string of the molecule is Cc1cc(C(=O)Nc2nc(-c3ccccc3)c(C(=O)c3ccccc3)s2)nn1C. The first-order chi connectivity index (χ1) is 14.0. The summed E-state index contributed by atoms with van der Waals surface area (Å²) in [5.74, 6) is -0.489. The minimum Gasteiger partial charge on any atom is -0.296 e. The van der Waals surface area contributed by atoms with Crippen LogP contribution in [0.5, 0.6) is 0 Å². The van der Waals surface area contributed by atoms with E-state index in [9.17, 15) is 9.59 Å². The quantitative estimate of drug-likeness (QED) is 0.504. The summed E-state index contributed by atoms with van der Waals surface area (Å²) in [4.78, 5) is 30.7. The molecular formula is C22H18N4O2S. The molecule has 0 saturated heterocycles. The molecule has 6 nitrogen and oxygen atoms in total. The highest BCUT2D eigenvalue weighted by atomic mass is 32.1. The Kier molecular flexibility index (Phi) is 5.05. The summed E-state index contributed by atoms with van der Waals surface area (Å²) < 4.78 is 1.64. The van der Waals surface area contributed by atoms with Crippen molar-refractivity contribution in [3.05, 3.63) is 88.6 Å². The number of aryl methyl sites for hydroxylation is 2. The second-order valence-corrected chi connectivity index (χ2v) is 7.51. The maximum atomic E-state index is 13.1. The van der Waals surface area contributed by atoms with E-state index in [0.29, 0.717) is 27.0 Å². The minimum atomic E-state index is -0.360. The van der Waals surface area contributed by atoms with Gasteiger partial charge in [0.1, 0.15) is 4.88 Å². The molecule has 0 fully saturated rings. The summed E-state index contributed by atoms with van der Waals surface area (Å²) in [5.41, 5.74) is 3.12. The first-order valence-corrected chi connectivity index (χ1v) is 9.82. The highest BCUT2D eigenvalue weighted by molar-refractivity contribution is 7.18. The first-order valence-electron chi connectivity index (χ1n) is 9.01. The normalized spacial score (nSPS) is 10.7. The van der Waals surface area contributed by atoms with Crippen LogP contribution in [0, 0.1) is 6.92 Å². The summed E-state index contributed by atoms with van der Waals surface area (Å²) in [6.45, 7) is 1.87. The first kappa shape index (κ1) is 18.8. The summed E-state index contributed by atoms with van der Waals surface area (Å²) in [5, 5.41) is 7.32. The lowest BCUT2D eigenvalue weighted by atomic mass is 10.1. The van der Waals surface area contributed by atoms with Gasteiger partial charge < -0.3 is 0 Å². The van der Waals surface area contributed by atoms with Crippen molar-refractivity contribution in [1.82, 2.24) is 14.8 Å². The van der Waals surface area contributed by atoms with Crippen molar-refractivity contribution in [2.75, 3.05) is 5.32 Å². The van der Waals surface area contributed by atoms with Gasteiger partial charge in [-0.15, -0.1) is 0 Å². The molecule has 0 spiro atoms. The van der Waals surface area contributed by atoms with E-state index in [-0.39, 0.29) is 11.7 Å². The number of ketones is 1. The van der Waals surface area contributed by atoms with E-state index in [1.54, 1.807) is 29.9 Å². The molecule has 144 valence electrons. The summed E-state index contributed by atoms with van der Waals surface area (Å²) in [6.07, 6.45) is 0. The van der Waals surface area contributed by atoms with Crippen LogP contribution in [-0.2, 0) is 7.05 Å². The van der Waals surface area contributed by atoms with Crippen LogP contribution in [0.1, 0.15) is 31.4 Å². The Labute approximate surface area is 171 Å². The topological polar surface area (TPSA) is 76.9 Å². The molecule has 29 heavy (non-hydrogen) atoms. The smallest absolute Gasteiger partial charge is 0.277 e. The van der Waals surface area contributed by atoms with Crippen LogP contribution in [0.15, 0.2) is 66.7 Å². The van der Waals surface area contributed by atoms with E-state index in [1.807, 2.05) is 55.5 Å². The average Bonchev–Trinajstić information content (AvgIpc) is 3.32. The van der Waals surface area contributed by atoms with Crippen molar-refractivity contribution in [2.45, 2.75) is 6.92 Å². The lowest BCUT2D eigenvalue weighted by molar-refractivity contribution is 0.101. The number of rotatable bonds is 5. The van der Waals surface area contributed by atoms with Crippen molar-refractivity contribution in [3.63, 3.8) is 0 Å². The molecule has 4 aromatic rings. The van der Waals surface area contributed by atoms with Crippen molar-refractivity contribution in [1.29, 1.82) is 0 Å². The Balaban J connectivity index is 1.71. The highest BCUT2D eigenvalue weighted by Gasteiger charge is 2.22. The second-order valence-electron chi connectivity index (χ2n) is 6.51. The van der Waals surface area contributed by atoms with Gasteiger partial charge in [0.25, 0.3) is 5.91 Å². The summed E-state index contributed by atoms with van der Waals surface area (Å²) in [6, 6.07) is 20.2. The molecule has 0 atom stereocenters. The second kappa shape index (κ2) is 7.81. The molecule has 2 heterocycles. The van der Waals surface area contributed by atoms with Crippen LogP contribution in [0.25, 0.3) is 11.3 Å². The standard InChI is InChI=1S/C22H18N4O2S/c1-14-13-17(25-26(14)2)21(28)24-22-23-18(15-9-5-3-6-10-15)20(29-22)19(27)16-11-7-4-8-12-16/h3-13H,1-2H3,(H,23,24,28). The molecule has 7 heteroatoms. The molecule has 0 aliphatic carbocycles. The third-order valence-corrected chi connectivity index (χ3v) is 5.45. The zero-order valence-corrected chi connectivity index (χ0v) is 16.7. The van der Waals surface area contributed by atoms with Crippen molar-refractivity contribution >= 4 is 28.2 Å². The molecule has 0 aliphatic rings. The van der Waals surface area contributed by atoms with Crippen LogP contribution in [0.2, 0.25) is 0 Å². The molecule has 0 bridgehead atoms. The zero-order valence-electron chi connectivity index (χ0n) is 15.9. The molecule has 1 amide bonds. The number of anilines is 1. The van der Waals surface area contributed by atoms with Gasteiger partial charge in [-0.1, -0.05) is 72.0 Å². The van der Waals surface area contributed by atoms with Gasteiger partial charge in [0.05, 0.1) is 5.69 Å². The highest BCUT2D eigenvalue weighted by Crippen LogP contribution is 2.33. The van der Waals surface area contributed by atoms with Crippen LogP contribution in [0.4, 0.5) is 5.13 Å². The van der Waals surface area contributed by atoms with Crippen LogP contribution in [-0.4, -0.2) is 26.5 Å². The Morgan fingerprint density at radius 3 is 2.28 bits per heavy atom. The molecule has 0 saturated carbocycles. The van der Waals surface area contributed by atoms with Gasteiger partial charge in [-0.05, 0) is 13.0 Å². The monoisotopic (exact) mass is 402 g/mol. The number of hydrogen-bond acceptors (Lipinski definition) is 5. The summed E-state index contributed by atoms with van der Waals surface area (Å²) >= 11 is 1.16. The van der Waals surface area contributed by atoms with Crippen LogP contribution < -0.4 is 5.32 Å². The van der Waals surface area contributed by atoms with Crippen molar-refractivity contribution < 1.29 is 9.59 Å². The minimum absolute atomic E-state index is 0.129. The van der Waals surface area contributed by atoms with Crippen molar-refractivity contribution in [2.24, 2.45) is 7.05 Å². The Morgan fingerprint density at radius 2 is 1.66 bits per heavy atom. The number of nitrogens with zero attached hydrogens (tertiary/aromatic N) is 3. The Bertz CT molecular complexity index is 1160. The van der Waals surface area contributed by atoms with Crippen LogP contribution in [0.3, 0.4) is 0 Å². The number of benzene rings is 2. The van der Waals surface area contributed by atoms with Gasteiger partial charge in [-0.3, -0.25) is 19.6 Å². The maximum Gasteiger partial charge on any atom is 0.277 e. The lowest BCUT2D eigenvalue weighted by Crippen LogP contribution is -2.12. The lowest BCUT2D eigenvalue weighted by Gasteiger charge is -2.02. The molecule has 1 N–H and O–H groups in total. The predicted octanol–water partition coefficient (Wildman–Crippen LogP) is 4.34. The number of carbonyl (C=O) groups excluding carboxylic acids is 2. The van der Waals surface area contributed by atoms with Gasteiger partial charge in [0.2, 0.25) is 5.78 Å². The summed E-state index contributed by atoms with van der Waals surface area (Å²) in [7, 11) is 1.78. The average molecular weight is 402 g/mol. The van der Waals surface area contributed by atoms with E-state index < -0.39 is 0 Å². The van der Waals surface area contributed by atoms with Gasteiger partial charge in [0.15, 0.2) is 10.8 Å². The fourth-order valence-electron chi connectivity index (χ4n) is 2.87. The largest absolute Gasteiger partial charge is 0.296 e. The van der Waals surface area contributed by atoms with Gasteiger partial charge in [0, 0.05) is 23.9 Å². The molecule has 0 radical (unpaired) electrons. The molecule has 2 aromatic carbocycles. The number of thiazole rings is 1. The number of carbonyl (C=O) groups is 2. The third kappa shape index (κ3) is 3.86. The maximum absolute atomic E-state index is 13.1. The molecule has 4 rings (SSSR count). The van der Waals surface area contributed by atoms with Crippen molar-refractivity contribution in [3.8, 4) is 11.3 Å². The number of amides is 1. The molecule has 0 aliphatic heterocycles. The van der Waals surface area contributed by atoms with Gasteiger partial charge in [-0.25, -0.2) is 4.98 Å². The van der Waals surface area contributed by atoms with Crippen LogP contribution >= 0.6 is 11.3 Å². The van der Waals surface area contributed by atoms with Gasteiger partial charge in [-0.2, -0.15) is 5.10 Å². The van der Waals surface area contributed by atoms with Gasteiger partial charge >= 0.3 is 0 Å². The third-order valence-electron chi connectivity index (χ3n) is 4.48. The van der Waals surface area contributed by atoms with E-state index in [2.05, 4.69) is 15.4 Å². The zero-order chi connectivity index (χ0) is 20.4. The Morgan fingerprint density at radius 1 is 1.00 bits per heavy atom. The molecular weight excluding hydrogens is 384 g/mol. The molecule has 0 unspecified atom stereocenters. The molecule has 2 aromatic heterocycles. The van der Waals surface area contributed by atoms with E-state index >= 15 is 0 Å². The van der Waals surface area contributed by atoms with E-state index in [4.69, 9.17) is 0 Å². The Hall–Kier alpha value is -3.58. The number of nitrogens with one attached hydrogen (secondary N) is 1. The number of aromatic nitrogens is 3. The van der Waals surface area contributed by atoms with E-state index in [1.165, 1.54) is 0 Å².